The van der Waals surface area contributed by atoms with Crippen LogP contribution in [0.25, 0.3) is 0 Å². The maximum Gasteiger partial charge on any atom is 0.137 e. The van der Waals surface area contributed by atoms with E-state index >= 15 is 0 Å². The largest absolute Gasteiger partial charge is 0.495 e. The van der Waals surface area contributed by atoms with Crippen LogP contribution in [0.4, 0.5) is 0 Å². The van der Waals surface area contributed by atoms with Crippen LogP contribution in [0.15, 0.2) is 21.1 Å². The molecule has 0 amide bonds. The number of hydrogen-bond donors (Lipinski definition) is 1. The van der Waals surface area contributed by atoms with Gasteiger partial charge in [-0.25, -0.2) is 0 Å². The van der Waals surface area contributed by atoms with E-state index in [-0.39, 0.29) is 0 Å². The van der Waals surface area contributed by atoms with E-state index in [0.717, 1.165) is 33.3 Å². The Morgan fingerprint density at radius 1 is 1.24 bits per heavy atom. The molecule has 1 aromatic carbocycles. The SMILES string of the molecule is COc1c(Br)cc(Br)cc1CNCC(CC(C)C)N(C)C. The lowest BCUT2D eigenvalue weighted by atomic mass is 10.0. The highest BCUT2D eigenvalue weighted by Crippen LogP contribution is 2.32. The van der Waals surface area contributed by atoms with Crippen LogP contribution in [0.3, 0.4) is 0 Å². The molecule has 1 aromatic rings. The molecule has 5 heteroatoms. The zero-order chi connectivity index (χ0) is 16.0. The van der Waals surface area contributed by atoms with Gasteiger partial charge in [-0.1, -0.05) is 29.8 Å². The average Bonchev–Trinajstić information content (AvgIpc) is 2.36. The molecule has 3 nitrogen and oxygen atoms in total. The zero-order valence-electron chi connectivity index (χ0n) is 13.5. The topological polar surface area (TPSA) is 24.5 Å². The lowest BCUT2D eigenvalue weighted by Crippen LogP contribution is -2.38. The van der Waals surface area contributed by atoms with Gasteiger partial charge in [-0.15, -0.1) is 0 Å². The summed E-state index contributed by atoms with van der Waals surface area (Å²) in [6.07, 6.45) is 1.19. The van der Waals surface area contributed by atoms with E-state index in [9.17, 15) is 0 Å². The molecule has 0 saturated heterocycles. The molecular weight excluding hydrogens is 396 g/mol. The molecule has 0 fully saturated rings. The fraction of sp³-hybridized carbons (Fsp3) is 0.625. The van der Waals surface area contributed by atoms with Crippen molar-refractivity contribution in [3.8, 4) is 5.75 Å². The normalized spacial score (nSPS) is 13.0. The summed E-state index contributed by atoms with van der Waals surface area (Å²) in [7, 11) is 5.99. The first-order chi connectivity index (χ1) is 9.85. The molecule has 0 saturated carbocycles. The van der Waals surface area contributed by atoms with Gasteiger partial charge in [0.15, 0.2) is 0 Å². The van der Waals surface area contributed by atoms with Gasteiger partial charge in [0.1, 0.15) is 5.75 Å². The van der Waals surface area contributed by atoms with Gasteiger partial charge in [0, 0.05) is 29.2 Å². The molecule has 1 N–H and O–H groups in total. The molecule has 0 radical (unpaired) electrons. The number of nitrogens with zero attached hydrogens (tertiary/aromatic N) is 1. The molecule has 21 heavy (non-hydrogen) atoms. The predicted molar refractivity (Wildman–Crippen MR) is 97.0 cm³/mol. The van der Waals surface area contributed by atoms with Crippen LogP contribution < -0.4 is 10.1 Å². The minimum atomic E-state index is 0.548. The van der Waals surface area contributed by atoms with Crippen LogP contribution >= 0.6 is 31.9 Å². The number of methoxy groups -OCH3 is 1. The summed E-state index contributed by atoms with van der Waals surface area (Å²) in [5, 5.41) is 3.55. The van der Waals surface area contributed by atoms with Crippen LogP contribution in [0.1, 0.15) is 25.8 Å². The van der Waals surface area contributed by atoms with Gasteiger partial charge in [0.2, 0.25) is 0 Å². The number of likely N-dealkylation sites (N-methyl/N-ethyl adjacent to an activating group) is 1. The number of rotatable bonds is 8. The third kappa shape index (κ3) is 6.27. The number of nitrogens with one attached hydrogen (secondary N) is 1. The van der Waals surface area contributed by atoms with Crippen molar-refractivity contribution in [1.82, 2.24) is 10.2 Å². The summed E-state index contributed by atoms with van der Waals surface area (Å²) >= 11 is 7.08. The van der Waals surface area contributed by atoms with E-state index in [1.165, 1.54) is 6.42 Å². The molecule has 0 aromatic heterocycles. The third-order valence-corrected chi connectivity index (χ3v) is 4.51. The first kappa shape index (κ1) is 18.9. The molecule has 0 spiro atoms. The van der Waals surface area contributed by atoms with Crippen LogP contribution in [-0.4, -0.2) is 38.7 Å². The molecule has 120 valence electrons. The van der Waals surface area contributed by atoms with Crippen LogP contribution in [0.2, 0.25) is 0 Å². The Morgan fingerprint density at radius 3 is 2.43 bits per heavy atom. The lowest BCUT2D eigenvalue weighted by Gasteiger charge is -2.26. The number of benzene rings is 1. The van der Waals surface area contributed by atoms with Gasteiger partial charge in [-0.3, -0.25) is 0 Å². The molecule has 0 aliphatic heterocycles. The second-order valence-electron chi connectivity index (χ2n) is 5.96. The molecular formula is C16H26Br2N2O. The molecule has 0 aliphatic carbocycles. The van der Waals surface area contributed by atoms with Crippen molar-refractivity contribution in [1.29, 1.82) is 0 Å². The van der Waals surface area contributed by atoms with Crippen molar-refractivity contribution in [2.45, 2.75) is 32.9 Å². The fourth-order valence-electron chi connectivity index (χ4n) is 2.37. The van der Waals surface area contributed by atoms with Crippen molar-refractivity contribution in [2.75, 3.05) is 27.7 Å². The van der Waals surface area contributed by atoms with Gasteiger partial charge < -0.3 is 15.0 Å². The predicted octanol–water partition coefficient (Wildman–Crippen LogP) is 4.29. The van der Waals surface area contributed by atoms with Gasteiger partial charge in [0.05, 0.1) is 11.6 Å². The Bertz CT molecular complexity index is 450. The molecule has 1 unspecified atom stereocenters. The van der Waals surface area contributed by atoms with E-state index in [2.05, 4.69) is 76.1 Å². The minimum Gasteiger partial charge on any atom is -0.495 e. The zero-order valence-corrected chi connectivity index (χ0v) is 16.7. The highest BCUT2D eigenvalue weighted by molar-refractivity contribution is 9.11. The van der Waals surface area contributed by atoms with Gasteiger partial charge in [-0.05, 0) is 54.5 Å². The van der Waals surface area contributed by atoms with Gasteiger partial charge in [-0.2, -0.15) is 0 Å². The van der Waals surface area contributed by atoms with Crippen molar-refractivity contribution >= 4 is 31.9 Å². The molecule has 0 heterocycles. The molecule has 0 aliphatic rings. The molecule has 1 rings (SSSR count). The minimum absolute atomic E-state index is 0.548. The molecule has 1 atom stereocenters. The quantitative estimate of drug-likeness (QED) is 0.677. The summed E-state index contributed by atoms with van der Waals surface area (Å²) in [6, 6.07) is 4.65. The number of ether oxygens (including phenoxy) is 1. The Kier molecular flexibility index (Phi) is 8.24. The second-order valence-corrected chi connectivity index (χ2v) is 7.73. The first-order valence-corrected chi connectivity index (χ1v) is 8.82. The number of halogens is 2. The Hall–Kier alpha value is -0.100. The van der Waals surface area contributed by atoms with Gasteiger partial charge >= 0.3 is 0 Å². The van der Waals surface area contributed by atoms with E-state index in [4.69, 9.17) is 4.74 Å². The molecule has 0 bridgehead atoms. The number of hydrogen-bond acceptors (Lipinski definition) is 3. The second kappa shape index (κ2) is 9.13. The fourth-order valence-corrected chi connectivity index (χ4v) is 3.84. The summed E-state index contributed by atoms with van der Waals surface area (Å²) in [4.78, 5) is 2.29. The summed E-state index contributed by atoms with van der Waals surface area (Å²) < 4.78 is 7.51. The average molecular weight is 422 g/mol. The van der Waals surface area contributed by atoms with E-state index in [0.29, 0.717) is 12.0 Å². The van der Waals surface area contributed by atoms with E-state index < -0.39 is 0 Å². The highest BCUT2D eigenvalue weighted by Gasteiger charge is 2.14. The maximum atomic E-state index is 5.48. The summed E-state index contributed by atoms with van der Waals surface area (Å²) in [5.74, 6) is 1.60. The van der Waals surface area contributed by atoms with Crippen LogP contribution in [0, 0.1) is 5.92 Å². The van der Waals surface area contributed by atoms with Crippen LogP contribution in [0.5, 0.6) is 5.75 Å². The standard InChI is InChI=1S/C16H26Br2N2O/c1-11(2)6-14(20(3)4)10-19-9-12-7-13(17)8-15(18)16(12)21-5/h7-8,11,14,19H,6,9-10H2,1-5H3. The monoisotopic (exact) mass is 420 g/mol. The van der Waals surface area contributed by atoms with Crippen molar-refractivity contribution in [2.24, 2.45) is 5.92 Å². The summed E-state index contributed by atoms with van der Waals surface area (Å²) in [5.41, 5.74) is 1.15. The smallest absolute Gasteiger partial charge is 0.137 e. The lowest BCUT2D eigenvalue weighted by molar-refractivity contribution is 0.246. The van der Waals surface area contributed by atoms with E-state index in [1.54, 1.807) is 7.11 Å². The van der Waals surface area contributed by atoms with Crippen molar-refractivity contribution < 1.29 is 4.74 Å². The Morgan fingerprint density at radius 2 is 1.90 bits per heavy atom. The third-order valence-electron chi connectivity index (χ3n) is 3.46. The van der Waals surface area contributed by atoms with Crippen molar-refractivity contribution in [3.05, 3.63) is 26.6 Å². The Balaban J connectivity index is 2.66. The highest BCUT2D eigenvalue weighted by atomic mass is 79.9. The van der Waals surface area contributed by atoms with E-state index in [1.807, 2.05) is 6.07 Å². The maximum absolute atomic E-state index is 5.48. The first-order valence-electron chi connectivity index (χ1n) is 7.24. The summed E-state index contributed by atoms with van der Waals surface area (Å²) in [6.45, 7) is 6.30. The Labute approximate surface area is 145 Å². The van der Waals surface area contributed by atoms with Crippen LogP contribution in [-0.2, 0) is 6.54 Å². The van der Waals surface area contributed by atoms with Gasteiger partial charge in [0.25, 0.3) is 0 Å². The van der Waals surface area contributed by atoms with Crippen molar-refractivity contribution in [3.63, 3.8) is 0 Å².